The van der Waals surface area contributed by atoms with Crippen LogP contribution in [0.2, 0.25) is 0 Å². The molecule has 1 rings (SSSR count). The molecule has 0 bridgehead atoms. The van der Waals surface area contributed by atoms with Gasteiger partial charge in [0.05, 0.1) is 12.9 Å². The molecule has 0 spiro atoms. The Morgan fingerprint density at radius 2 is 2.45 bits per heavy atom. The van der Waals surface area contributed by atoms with Crippen LogP contribution in [0.25, 0.3) is 5.57 Å². The van der Waals surface area contributed by atoms with E-state index in [9.17, 15) is 0 Å². The van der Waals surface area contributed by atoms with Crippen molar-refractivity contribution in [3.8, 4) is 0 Å². The minimum Gasteiger partial charge on any atom is -0.465 e. The van der Waals surface area contributed by atoms with Crippen molar-refractivity contribution in [2.45, 2.75) is 6.10 Å². The number of aliphatic hydroxyl groups is 2. The van der Waals surface area contributed by atoms with Crippen molar-refractivity contribution in [2.75, 3.05) is 6.61 Å². The average molecular weight is 154 g/mol. The molecular weight excluding hydrogens is 144 g/mol. The Labute approximate surface area is 64.6 Å². The molecule has 0 aliphatic carbocycles. The van der Waals surface area contributed by atoms with Gasteiger partial charge in [0.25, 0.3) is 0 Å². The molecule has 0 amide bonds. The van der Waals surface area contributed by atoms with Gasteiger partial charge < -0.3 is 14.6 Å². The Kier molecular flexibility index (Phi) is 2.46. The summed E-state index contributed by atoms with van der Waals surface area (Å²) in [6, 6.07) is 3.38. The van der Waals surface area contributed by atoms with Crippen LogP contribution in [0.1, 0.15) is 5.76 Å². The SMILES string of the molecule is C=C(c1ccco1)C(O)CO. The lowest BCUT2D eigenvalue weighted by Crippen LogP contribution is -2.12. The fourth-order valence-corrected chi connectivity index (χ4v) is 0.736. The van der Waals surface area contributed by atoms with E-state index in [0.717, 1.165) is 0 Å². The van der Waals surface area contributed by atoms with Crippen LogP contribution in [0.5, 0.6) is 0 Å². The minimum absolute atomic E-state index is 0.334. The van der Waals surface area contributed by atoms with Gasteiger partial charge in [-0.05, 0) is 12.1 Å². The second-order valence-electron chi connectivity index (χ2n) is 2.20. The van der Waals surface area contributed by atoms with Gasteiger partial charge in [0.15, 0.2) is 0 Å². The van der Waals surface area contributed by atoms with Crippen molar-refractivity contribution < 1.29 is 14.6 Å². The smallest absolute Gasteiger partial charge is 0.131 e. The van der Waals surface area contributed by atoms with Crippen molar-refractivity contribution in [2.24, 2.45) is 0 Å². The van der Waals surface area contributed by atoms with Crippen LogP contribution in [-0.2, 0) is 0 Å². The summed E-state index contributed by atoms with van der Waals surface area (Å²) in [5, 5.41) is 17.6. The standard InChI is InChI=1S/C8H10O3/c1-6(7(10)5-9)8-3-2-4-11-8/h2-4,7,9-10H,1,5H2. The molecule has 0 saturated carbocycles. The maximum absolute atomic E-state index is 9.09. The number of hydrogen-bond donors (Lipinski definition) is 2. The highest BCUT2D eigenvalue weighted by Crippen LogP contribution is 2.15. The molecule has 1 aromatic heterocycles. The van der Waals surface area contributed by atoms with Gasteiger partial charge in [-0.2, -0.15) is 0 Å². The second kappa shape index (κ2) is 3.37. The van der Waals surface area contributed by atoms with Crippen molar-refractivity contribution in [1.29, 1.82) is 0 Å². The molecule has 3 heteroatoms. The van der Waals surface area contributed by atoms with Crippen LogP contribution in [0.15, 0.2) is 29.4 Å². The first-order valence-corrected chi connectivity index (χ1v) is 3.27. The molecule has 0 aliphatic rings. The molecule has 60 valence electrons. The zero-order valence-electron chi connectivity index (χ0n) is 6.03. The van der Waals surface area contributed by atoms with Gasteiger partial charge >= 0.3 is 0 Å². The van der Waals surface area contributed by atoms with Crippen LogP contribution < -0.4 is 0 Å². The molecule has 3 nitrogen and oxygen atoms in total. The van der Waals surface area contributed by atoms with E-state index >= 15 is 0 Å². The van der Waals surface area contributed by atoms with Crippen molar-refractivity contribution in [3.63, 3.8) is 0 Å². The number of hydrogen-bond acceptors (Lipinski definition) is 3. The molecule has 0 radical (unpaired) electrons. The highest BCUT2D eigenvalue weighted by atomic mass is 16.3. The Balaban J connectivity index is 2.70. The van der Waals surface area contributed by atoms with E-state index < -0.39 is 6.10 Å². The fraction of sp³-hybridized carbons (Fsp3) is 0.250. The average Bonchev–Trinajstić information content (AvgIpc) is 2.53. The predicted octanol–water partition coefficient (Wildman–Crippen LogP) is 0.646. The van der Waals surface area contributed by atoms with E-state index in [1.807, 2.05) is 0 Å². The van der Waals surface area contributed by atoms with Gasteiger partial charge in [0.2, 0.25) is 0 Å². The third-order valence-electron chi connectivity index (χ3n) is 1.41. The van der Waals surface area contributed by atoms with Crippen LogP contribution in [0.3, 0.4) is 0 Å². The summed E-state index contributed by atoms with van der Waals surface area (Å²) in [5.74, 6) is 0.506. The van der Waals surface area contributed by atoms with E-state index in [1.54, 1.807) is 12.1 Å². The van der Waals surface area contributed by atoms with Crippen LogP contribution >= 0.6 is 0 Å². The zero-order valence-corrected chi connectivity index (χ0v) is 6.03. The van der Waals surface area contributed by atoms with Crippen LogP contribution in [-0.4, -0.2) is 22.9 Å². The quantitative estimate of drug-likeness (QED) is 0.672. The molecular formula is C8H10O3. The van der Waals surface area contributed by atoms with Gasteiger partial charge in [0.1, 0.15) is 11.9 Å². The lowest BCUT2D eigenvalue weighted by Gasteiger charge is -2.06. The Morgan fingerprint density at radius 1 is 1.73 bits per heavy atom. The van der Waals surface area contributed by atoms with Gasteiger partial charge in [0, 0.05) is 5.57 Å². The zero-order chi connectivity index (χ0) is 8.27. The monoisotopic (exact) mass is 154 g/mol. The van der Waals surface area contributed by atoms with Gasteiger partial charge in [-0.3, -0.25) is 0 Å². The van der Waals surface area contributed by atoms with Crippen LogP contribution in [0, 0.1) is 0 Å². The molecule has 2 N–H and O–H groups in total. The van der Waals surface area contributed by atoms with Gasteiger partial charge in [-0.25, -0.2) is 0 Å². The van der Waals surface area contributed by atoms with E-state index in [0.29, 0.717) is 11.3 Å². The molecule has 0 fully saturated rings. The summed E-state index contributed by atoms with van der Waals surface area (Å²) < 4.78 is 4.95. The maximum atomic E-state index is 9.09. The molecule has 11 heavy (non-hydrogen) atoms. The largest absolute Gasteiger partial charge is 0.465 e. The topological polar surface area (TPSA) is 53.6 Å². The summed E-state index contributed by atoms with van der Waals surface area (Å²) in [4.78, 5) is 0. The first kappa shape index (κ1) is 8.04. The van der Waals surface area contributed by atoms with E-state index in [4.69, 9.17) is 14.6 Å². The number of furan rings is 1. The molecule has 1 heterocycles. The fourth-order valence-electron chi connectivity index (χ4n) is 0.736. The van der Waals surface area contributed by atoms with Crippen molar-refractivity contribution in [3.05, 3.63) is 30.7 Å². The van der Waals surface area contributed by atoms with Crippen LogP contribution in [0.4, 0.5) is 0 Å². The van der Waals surface area contributed by atoms with Crippen molar-refractivity contribution in [1.82, 2.24) is 0 Å². The third kappa shape index (κ3) is 1.69. The molecule has 0 aromatic carbocycles. The van der Waals surface area contributed by atoms with Gasteiger partial charge in [-0.1, -0.05) is 6.58 Å². The molecule has 0 aliphatic heterocycles. The normalized spacial score (nSPS) is 12.9. The lowest BCUT2D eigenvalue weighted by molar-refractivity contribution is 0.137. The summed E-state index contributed by atoms with van der Waals surface area (Å²) in [6.07, 6.45) is 0.561. The first-order chi connectivity index (χ1) is 5.25. The molecule has 1 atom stereocenters. The molecule has 0 saturated heterocycles. The van der Waals surface area contributed by atoms with Gasteiger partial charge in [-0.15, -0.1) is 0 Å². The number of aliphatic hydroxyl groups excluding tert-OH is 2. The Hall–Kier alpha value is -1.06. The summed E-state index contributed by atoms with van der Waals surface area (Å²) in [5.41, 5.74) is 0.400. The number of rotatable bonds is 3. The summed E-state index contributed by atoms with van der Waals surface area (Å²) in [7, 11) is 0. The summed E-state index contributed by atoms with van der Waals surface area (Å²) >= 11 is 0. The molecule has 1 unspecified atom stereocenters. The van der Waals surface area contributed by atoms with E-state index in [2.05, 4.69) is 6.58 Å². The predicted molar refractivity (Wildman–Crippen MR) is 40.8 cm³/mol. The van der Waals surface area contributed by atoms with E-state index in [-0.39, 0.29) is 6.61 Å². The minimum atomic E-state index is -0.929. The lowest BCUT2D eigenvalue weighted by atomic mass is 10.1. The highest BCUT2D eigenvalue weighted by molar-refractivity contribution is 5.62. The molecule has 1 aromatic rings. The highest BCUT2D eigenvalue weighted by Gasteiger charge is 2.10. The third-order valence-corrected chi connectivity index (χ3v) is 1.41. The second-order valence-corrected chi connectivity index (χ2v) is 2.20. The van der Waals surface area contributed by atoms with Crippen molar-refractivity contribution >= 4 is 5.57 Å². The Morgan fingerprint density at radius 3 is 2.91 bits per heavy atom. The first-order valence-electron chi connectivity index (χ1n) is 3.27. The van der Waals surface area contributed by atoms with E-state index in [1.165, 1.54) is 6.26 Å². The Bertz CT molecular complexity index is 225. The summed E-state index contributed by atoms with van der Waals surface area (Å²) in [6.45, 7) is 3.23. The maximum Gasteiger partial charge on any atom is 0.131 e.